The minimum Gasteiger partial charge on any atom is -0.480 e. The molecule has 164 valence electrons. The zero-order valence-electron chi connectivity index (χ0n) is 17.6. The smallest absolute Gasteiger partial charge is 0.411 e. The van der Waals surface area contributed by atoms with E-state index in [-0.39, 0.29) is 6.73 Å². The van der Waals surface area contributed by atoms with Crippen molar-refractivity contribution in [3.63, 3.8) is 0 Å². The second-order valence-corrected chi connectivity index (χ2v) is 9.30. The number of amidine groups is 1. The Morgan fingerprint density at radius 2 is 2.06 bits per heavy atom. The number of fused-ring (bicyclic) bond motifs is 2. The van der Waals surface area contributed by atoms with Gasteiger partial charge in [-0.15, -0.1) is 11.3 Å². The number of nitrogens with one attached hydrogen (secondary N) is 2. The van der Waals surface area contributed by atoms with Crippen molar-refractivity contribution in [2.24, 2.45) is 4.99 Å². The lowest BCUT2D eigenvalue weighted by molar-refractivity contribution is -0.928. The quantitative estimate of drug-likeness (QED) is 0.627. The lowest BCUT2D eigenvalue weighted by Gasteiger charge is -2.42. The lowest BCUT2D eigenvalue weighted by Crippen LogP contribution is -2.59. The van der Waals surface area contributed by atoms with Crippen LogP contribution in [0.25, 0.3) is 0 Å². The number of rotatable bonds is 4. The summed E-state index contributed by atoms with van der Waals surface area (Å²) in [5, 5.41) is 15.5. The summed E-state index contributed by atoms with van der Waals surface area (Å²) < 4.78 is 5.81. The minimum absolute atomic E-state index is 0.193. The van der Waals surface area contributed by atoms with Gasteiger partial charge in [0.05, 0.1) is 50.2 Å². The zero-order chi connectivity index (χ0) is 22.0. The number of anilines is 2. The Morgan fingerprint density at radius 3 is 2.81 bits per heavy atom. The average molecular weight is 445 g/mol. The van der Waals surface area contributed by atoms with Crippen LogP contribution in [-0.2, 0) is 9.53 Å². The molecule has 2 aliphatic rings. The van der Waals surface area contributed by atoms with Gasteiger partial charge in [0.25, 0.3) is 0 Å². The van der Waals surface area contributed by atoms with E-state index in [0.29, 0.717) is 4.48 Å². The lowest BCUT2D eigenvalue weighted by atomic mass is 10.2. The Kier molecular flexibility index (Phi) is 5.84. The molecule has 1 amide bonds. The first-order chi connectivity index (χ1) is 14.8. The molecule has 0 spiro atoms. The molecule has 3 N–H and O–H groups in total. The summed E-state index contributed by atoms with van der Waals surface area (Å²) in [7, 11) is 2.04. The van der Waals surface area contributed by atoms with Gasteiger partial charge in [-0.05, 0) is 25.1 Å². The van der Waals surface area contributed by atoms with Crippen molar-refractivity contribution in [3.8, 4) is 0 Å². The molecule has 0 unspecified atom stereocenters. The summed E-state index contributed by atoms with van der Waals surface area (Å²) in [6.45, 7) is 4.93. The number of alkyl carbamates (subject to hydrolysis) is 1. The third-order valence-corrected chi connectivity index (χ3v) is 6.45. The number of aliphatic imine (C=N–C) groups is 1. The van der Waals surface area contributed by atoms with Crippen LogP contribution >= 0.6 is 11.3 Å². The molecule has 1 saturated heterocycles. The maximum atomic E-state index is 11.7. The van der Waals surface area contributed by atoms with E-state index >= 15 is 0 Å². The summed E-state index contributed by atoms with van der Waals surface area (Å²) in [5.41, 5.74) is 3.03. The van der Waals surface area contributed by atoms with Gasteiger partial charge in [-0.2, -0.15) is 0 Å². The highest BCUT2D eigenvalue weighted by Gasteiger charge is 2.33. The van der Waals surface area contributed by atoms with E-state index in [2.05, 4.69) is 28.5 Å². The number of likely N-dealkylation sites (N-methyl/N-ethyl adjacent to an activating group) is 1. The number of nitrogens with zero attached hydrogens (tertiary/aromatic N) is 3. The summed E-state index contributed by atoms with van der Waals surface area (Å²) in [6, 6.07) is 10.2. The Bertz CT molecular complexity index is 1030. The van der Waals surface area contributed by atoms with Crippen molar-refractivity contribution in [2.75, 3.05) is 51.8 Å². The number of ether oxygens (including phenoxy) is 1. The fraction of sp³-hybridized carbons (Fsp3) is 0.381. The van der Waals surface area contributed by atoms with Crippen molar-refractivity contribution in [2.45, 2.75) is 6.92 Å². The van der Waals surface area contributed by atoms with Crippen LogP contribution in [0, 0.1) is 6.92 Å². The van der Waals surface area contributed by atoms with Crippen LogP contribution in [-0.4, -0.2) is 78.9 Å². The number of carboxylic acid groups (broad SMARTS) is 1. The SMILES string of the molecule is Cc1cc2c(s1)Nc1ccccc1N=C2N1CC[N+](C)(COC(=O)NCC(=O)O)CC1. The first-order valence-electron chi connectivity index (χ1n) is 10.1. The molecule has 2 aliphatic heterocycles. The van der Waals surface area contributed by atoms with Gasteiger partial charge in [-0.1, -0.05) is 12.1 Å². The van der Waals surface area contributed by atoms with Crippen LogP contribution in [0.2, 0.25) is 0 Å². The van der Waals surface area contributed by atoms with Crippen LogP contribution in [0.15, 0.2) is 35.3 Å². The Balaban J connectivity index is 1.46. The van der Waals surface area contributed by atoms with Crippen LogP contribution in [0.1, 0.15) is 10.4 Å². The van der Waals surface area contributed by atoms with Crippen molar-refractivity contribution in [1.29, 1.82) is 0 Å². The van der Waals surface area contributed by atoms with E-state index in [1.54, 1.807) is 11.3 Å². The Hall–Kier alpha value is -3.11. The fourth-order valence-corrected chi connectivity index (χ4v) is 4.61. The Labute approximate surface area is 184 Å². The van der Waals surface area contributed by atoms with Crippen LogP contribution in [0.5, 0.6) is 0 Å². The highest BCUT2D eigenvalue weighted by molar-refractivity contribution is 7.16. The molecule has 31 heavy (non-hydrogen) atoms. The molecule has 3 heterocycles. The number of carboxylic acids is 1. The van der Waals surface area contributed by atoms with Crippen LogP contribution < -0.4 is 10.6 Å². The van der Waals surface area contributed by atoms with Gasteiger partial charge in [0, 0.05) is 4.88 Å². The number of quaternary nitrogens is 1. The molecule has 1 aromatic heterocycles. The zero-order valence-corrected chi connectivity index (χ0v) is 18.4. The van der Waals surface area contributed by atoms with Gasteiger partial charge in [0.2, 0.25) is 6.73 Å². The summed E-state index contributed by atoms with van der Waals surface area (Å²) in [6.07, 6.45) is -0.710. The minimum atomic E-state index is -1.10. The monoisotopic (exact) mass is 444 g/mol. The molecule has 2 aromatic rings. The molecule has 0 aliphatic carbocycles. The van der Waals surface area contributed by atoms with Crippen molar-refractivity contribution in [3.05, 3.63) is 40.8 Å². The standard InChI is InChI=1S/C21H25N5O4S/c1-14-11-15-19(23-16-5-3-4-6-17(16)24-20(15)31-14)25-7-9-26(2,10-8-25)13-30-21(29)22-12-18(27)28/h3-6,11H,7-10,12-13H2,1-2H3,(H2-,22,23,24,27,28,29)/p+1. The van der Waals surface area contributed by atoms with E-state index in [1.807, 2.05) is 31.3 Å². The van der Waals surface area contributed by atoms with Gasteiger partial charge < -0.3 is 25.4 Å². The summed E-state index contributed by atoms with van der Waals surface area (Å²) >= 11 is 1.72. The number of piperazine rings is 1. The normalized spacial score (nSPS) is 16.8. The summed E-state index contributed by atoms with van der Waals surface area (Å²) in [4.78, 5) is 30.8. The second kappa shape index (κ2) is 8.56. The number of thiophene rings is 1. The highest BCUT2D eigenvalue weighted by Crippen LogP contribution is 2.39. The third kappa shape index (κ3) is 4.80. The third-order valence-electron chi connectivity index (χ3n) is 5.49. The molecule has 1 aromatic carbocycles. The molecule has 0 atom stereocenters. The number of aryl methyl sites for hydroxylation is 1. The molecule has 1 fully saturated rings. The first-order valence-corrected chi connectivity index (χ1v) is 10.9. The van der Waals surface area contributed by atoms with Gasteiger partial charge >= 0.3 is 12.1 Å². The van der Waals surface area contributed by atoms with Crippen LogP contribution in [0.4, 0.5) is 21.2 Å². The number of benzene rings is 1. The number of carbonyl (C=O) groups excluding carboxylic acids is 1. The van der Waals surface area contributed by atoms with E-state index < -0.39 is 18.6 Å². The predicted molar refractivity (Wildman–Crippen MR) is 119 cm³/mol. The molecule has 10 heteroatoms. The van der Waals surface area contributed by atoms with Gasteiger partial charge in [0.1, 0.15) is 17.4 Å². The molecule has 4 rings (SSSR count). The molecule has 0 radical (unpaired) electrons. The van der Waals surface area contributed by atoms with Gasteiger partial charge in [-0.3, -0.25) is 9.28 Å². The number of amides is 1. The largest absolute Gasteiger partial charge is 0.480 e. The number of hydrogen-bond acceptors (Lipinski definition) is 7. The molecular weight excluding hydrogens is 418 g/mol. The van der Waals surface area contributed by atoms with Crippen LogP contribution in [0.3, 0.4) is 0 Å². The van der Waals surface area contributed by atoms with Gasteiger partial charge in [0.15, 0.2) is 0 Å². The van der Waals surface area contributed by atoms with Crippen molar-refractivity contribution < 1.29 is 23.9 Å². The number of hydrogen-bond donors (Lipinski definition) is 3. The molecule has 9 nitrogen and oxygen atoms in total. The maximum absolute atomic E-state index is 11.7. The van der Waals surface area contributed by atoms with E-state index in [4.69, 9.17) is 14.8 Å². The van der Waals surface area contributed by atoms with E-state index in [0.717, 1.165) is 54.0 Å². The molecular formula is C21H26N5O4S+. The molecule has 0 bridgehead atoms. The highest BCUT2D eigenvalue weighted by atomic mass is 32.1. The first kappa shape index (κ1) is 21.1. The maximum Gasteiger partial charge on any atom is 0.411 e. The average Bonchev–Trinajstić information content (AvgIpc) is 3.03. The van der Waals surface area contributed by atoms with Crippen molar-refractivity contribution >= 4 is 45.6 Å². The number of aliphatic carboxylic acids is 1. The fourth-order valence-electron chi connectivity index (χ4n) is 3.69. The topological polar surface area (TPSA) is 103 Å². The summed E-state index contributed by atoms with van der Waals surface area (Å²) in [5.74, 6) is -0.141. The predicted octanol–water partition coefficient (Wildman–Crippen LogP) is 2.72. The molecule has 0 saturated carbocycles. The van der Waals surface area contributed by atoms with E-state index in [1.165, 1.54) is 4.88 Å². The van der Waals surface area contributed by atoms with E-state index in [9.17, 15) is 9.59 Å². The number of carbonyl (C=O) groups is 2. The van der Waals surface area contributed by atoms with Crippen molar-refractivity contribution in [1.82, 2.24) is 10.2 Å². The Morgan fingerprint density at radius 1 is 1.32 bits per heavy atom. The number of para-hydroxylation sites is 2. The van der Waals surface area contributed by atoms with Gasteiger partial charge in [-0.25, -0.2) is 9.79 Å². The second-order valence-electron chi connectivity index (χ2n) is 8.04.